The number of carbonyl (C=O) groups excluding carboxylic acids is 1. The van der Waals surface area contributed by atoms with Crippen molar-refractivity contribution in [2.24, 2.45) is 7.05 Å². The monoisotopic (exact) mass is 255 g/mol. The molecule has 0 atom stereocenters. The molecule has 3 aromatic heterocycles. The molecule has 1 amide bonds. The fraction of sp³-hybridized carbons (Fsp3) is 0.154. The largest absolute Gasteiger partial charge is 0.345 e. The van der Waals surface area contributed by atoms with Crippen molar-refractivity contribution in [1.29, 1.82) is 0 Å². The third-order valence-electron chi connectivity index (χ3n) is 3.02. The molecule has 0 spiro atoms. The second-order valence-corrected chi connectivity index (χ2v) is 4.24. The van der Waals surface area contributed by atoms with Gasteiger partial charge in [-0.3, -0.25) is 4.79 Å². The van der Waals surface area contributed by atoms with Crippen molar-refractivity contribution in [2.75, 3.05) is 0 Å². The number of aromatic nitrogens is 4. The van der Waals surface area contributed by atoms with Crippen molar-refractivity contribution < 1.29 is 4.79 Å². The van der Waals surface area contributed by atoms with Crippen molar-refractivity contribution in [3.05, 3.63) is 48.3 Å². The van der Waals surface area contributed by atoms with E-state index in [-0.39, 0.29) is 5.91 Å². The van der Waals surface area contributed by atoms with E-state index in [1.165, 1.54) is 0 Å². The summed E-state index contributed by atoms with van der Waals surface area (Å²) in [5.74, 6) is 0.675. The van der Waals surface area contributed by atoms with Crippen LogP contribution in [0.1, 0.15) is 16.2 Å². The van der Waals surface area contributed by atoms with Crippen molar-refractivity contribution in [2.45, 2.75) is 6.54 Å². The summed E-state index contributed by atoms with van der Waals surface area (Å²) in [6, 6.07) is 3.68. The van der Waals surface area contributed by atoms with Crippen LogP contribution in [0, 0.1) is 0 Å². The Morgan fingerprint density at radius 2 is 2.32 bits per heavy atom. The minimum absolute atomic E-state index is 0.137. The first-order valence-corrected chi connectivity index (χ1v) is 5.92. The number of imidazole rings is 1. The van der Waals surface area contributed by atoms with Gasteiger partial charge >= 0.3 is 0 Å². The molecule has 0 aliphatic rings. The van der Waals surface area contributed by atoms with Gasteiger partial charge in [0.25, 0.3) is 5.91 Å². The molecular formula is C13H13N5O. The van der Waals surface area contributed by atoms with E-state index in [4.69, 9.17) is 0 Å². The number of hydrogen-bond donors (Lipinski definition) is 2. The Balaban J connectivity index is 1.79. The highest BCUT2D eigenvalue weighted by molar-refractivity contribution is 6.05. The average molecular weight is 255 g/mol. The highest BCUT2D eigenvalue weighted by atomic mass is 16.1. The Labute approximate surface area is 109 Å². The lowest BCUT2D eigenvalue weighted by atomic mass is 10.2. The number of rotatable bonds is 3. The van der Waals surface area contributed by atoms with Gasteiger partial charge in [0.1, 0.15) is 11.5 Å². The molecule has 2 N–H and O–H groups in total. The molecule has 0 saturated heterocycles. The van der Waals surface area contributed by atoms with Crippen LogP contribution < -0.4 is 5.32 Å². The Morgan fingerprint density at radius 1 is 1.42 bits per heavy atom. The second kappa shape index (κ2) is 4.56. The fourth-order valence-electron chi connectivity index (χ4n) is 1.97. The number of aryl methyl sites for hydroxylation is 1. The number of amides is 1. The number of fused-ring (bicyclic) bond motifs is 1. The molecule has 0 radical (unpaired) electrons. The molecule has 0 aromatic carbocycles. The number of carbonyl (C=O) groups is 1. The zero-order valence-electron chi connectivity index (χ0n) is 10.4. The minimum atomic E-state index is -0.137. The third kappa shape index (κ3) is 2.08. The van der Waals surface area contributed by atoms with Crippen molar-refractivity contribution in [1.82, 2.24) is 24.8 Å². The number of pyridine rings is 1. The van der Waals surface area contributed by atoms with Crippen LogP contribution in [0.25, 0.3) is 11.0 Å². The van der Waals surface area contributed by atoms with E-state index in [0.717, 1.165) is 11.2 Å². The maximum absolute atomic E-state index is 12.1. The van der Waals surface area contributed by atoms with Crippen LogP contribution in [0.15, 0.2) is 36.9 Å². The highest BCUT2D eigenvalue weighted by Crippen LogP contribution is 2.15. The van der Waals surface area contributed by atoms with Crippen molar-refractivity contribution >= 4 is 16.9 Å². The number of hydrogen-bond acceptors (Lipinski definition) is 3. The van der Waals surface area contributed by atoms with E-state index < -0.39 is 0 Å². The van der Waals surface area contributed by atoms with Gasteiger partial charge in [0.2, 0.25) is 0 Å². The van der Waals surface area contributed by atoms with Crippen LogP contribution in [0.5, 0.6) is 0 Å². The van der Waals surface area contributed by atoms with Gasteiger partial charge in [-0.15, -0.1) is 0 Å². The predicted octanol–water partition coefficient (Wildman–Crippen LogP) is 1.23. The topological polar surface area (TPSA) is 75.6 Å². The first-order chi connectivity index (χ1) is 9.25. The van der Waals surface area contributed by atoms with Gasteiger partial charge in [0, 0.05) is 37.2 Å². The SMILES string of the molecule is Cn1ccnc1CNC(=O)c1c[nH]c2ncccc12. The summed E-state index contributed by atoms with van der Waals surface area (Å²) in [6.45, 7) is 0.398. The zero-order valence-corrected chi connectivity index (χ0v) is 10.4. The number of aromatic amines is 1. The van der Waals surface area contributed by atoms with Gasteiger partial charge < -0.3 is 14.9 Å². The lowest BCUT2D eigenvalue weighted by Gasteiger charge is -2.04. The first-order valence-electron chi connectivity index (χ1n) is 5.92. The number of nitrogens with one attached hydrogen (secondary N) is 2. The molecule has 0 saturated carbocycles. The molecule has 19 heavy (non-hydrogen) atoms. The predicted molar refractivity (Wildman–Crippen MR) is 70.5 cm³/mol. The summed E-state index contributed by atoms with van der Waals surface area (Å²) in [5.41, 5.74) is 1.31. The normalized spacial score (nSPS) is 10.8. The summed E-state index contributed by atoms with van der Waals surface area (Å²) >= 11 is 0. The standard InChI is InChI=1S/C13H13N5O/c1-18-6-5-14-11(18)8-17-13(19)10-7-16-12-9(10)3-2-4-15-12/h2-7H,8H2,1H3,(H,15,16)(H,17,19). The van der Waals surface area contributed by atoms with Gasteiger partial charge in [-0.2, -0.15) is 0 Å². The lowest BCUT2D eigenvalue weighted by Crippen LogP contribution is -2.24. The fourth-order valence-corrected chi connectivity index (χ4v) is 1.97. The highest BCUT2D eigenvalue weighted by Gasteiger charge is 2.12. The Kier molecular flexibility index (Phi) is 2.75. The molecule has 3 heterocycles. The number of H-pyrrole nitrogens is 1. The van der Waals surface area contributed by atoms with Crippen LogP contribution in [0.4, 0.5) is 0 Å². The molecule has 0 bridgehead atoms. The van der Waals surface area contributed by atoms with Crippen LogP contribution in [-0.2, 0) is 13.6 Å². The minimum Gasteiger partial charge on any atom is -0.345 e. The summed E-state index contributed by atoms with van der Waals surface area (Å²) < 4.78 is 1.87. The molecule has 3 rings (SSSR count). The number of nitrogens with zero attached hydrogens (tertiary/aromatic N) is 3. The quantitative estimate of drug-likeness (QED) is 0.739. The Bertz CT molecular complexity index is 727. The maximum Gasteiger partial charge on any atom is 0.253 e. The molecule has 3 aromatic rings. The van der Waals surface area contributed by atoms with E-state index in [1.54, 1.807) is 18.6 Å². The maximum atomic E-state index is 12.1. The van der Waals surface area contributed by atoms with Crippen LogP contribution >= 0.6 is 0 Å². The third-order valence-corrected chi connectivity index (χ3v) is 3.02. The van der Waals surface area contributed by atoms with Crippen LogP contribution in [-0.4, -0.2) is 25.4 Å². The van der Waals surface area contributed by atoms with Gasteiger partial charge in [-0.25, -0.2) is 9.97 Å². The summed E-state index contributed by atoms with van der Waals surface area (Å²) in [6.07, 6.45) is 6.91. The van der Waals surface area contributed by atoms with E-state index >= 15 is 0 Å². The van der Waals surface area contributed by atoms with E-state index in [9.17, 15) is 4.79 Å². The van der Waals surface area contributed by atoms with E-state index in [2.05, 4.69) is 20.3 Å². The molecule has 0 aliphatic carbocycles. The smallest absolute Gasteiger partial charge is 0.253 e. The summed E-state index contributed by atoms with van der Waals surface area (Å²) in [5, 5.41) is 3.67. The zero-order chi connectivity index (χ0) is 13.2. The van der Waals surface area contributed by atoms with Crippen LogP contribution in [0.2, 0.25) is 0 Å². The average Bonchev–Trinajstić information content (AvgIpc) is 3.02. The summed E-state index contributed by atoms with van der Waals surface area (Å²) in [4.78, 5) is 23.4. The van der Waals surface area contributed by atoms with Gasteiger partial charge in [0.05, 0.1) is 12.1 Å². The van der Waals surface area contributed by atoms with Crippen molar-refractivity contribution in [3.63, 3.8) is 0 Å². The Hall–Kier alpha value is -2.63. The lowest BCUT2D eigenvalue weighted by molar-refractivity contribution is 0.0951. The molecule has 0 fully saturated rings. The van der Waals surface area contributed by atoms with Gasteiger partial charge in [0.15, 0.2) is 0 Å². The van der Waals surface area contributed by atoms with Gasteiger partial charge in [-0.05, 0) is 12.1 Å². The molecule has 6 heteroatoms. The van der Waals surface area contributed by atoms with E-state index in [0.29, 0.717) is 17.8 Å². The molecule has 96 valence electrons. The van der Waals surface area contributed by atoms with E-state index in [1.807, 2.05) is 29.9 Å². The first kappa shape index (κ1) is 11.5. The van der Waals surface area contributed by atoms with Crippen LogP contribution in [0.3, 0.4) is 0 Å². The molecule has 0 aliphatic heterocycles. The van der Waals surface area contributed by atoms with Gasteiger partial charge in [-0.1, -0.05) is 0 Å². The summed E-state index contributed by atoms with van der Waals surface area (Å²) in [7, 11) is 1.89. The molecular weight excluding hydrogens is 242 g/mol. The van der Waals surface area contributed by atoms with Crippen molar-refractivity contribution in [3.8, 4) is 0 Å². The second-order valence-electron chi connectivity index (χ2n) is 4.24. The molecule has 6 nitrogen and oxygen atoms in total. The molecule has 0 unspecified atom stereocenters. The Morgan fingerprint density at radius 3 is 3.11 bits per heavy atom.